The Hall–Kier alpha value is -2.19. The second kappa shape index (κ2) is 6.74. The van der Waals surface area contributed by atoms with E-state index in [1.54, 1.807) is 0 Å². The van der Waals surface area contributed by atoms with Gasteiger partial charge in [0.05, 0.1) is 11.5 Å². The molecular formula is C22H24O2. The van der Waals surface area contributed by atoms with Crippen LogP contribution >= 0.6 is 0 Å². The van der Waals surface area contributed by atoms with E-state index in [4.69, 9.17) is 0 Å². The summed E-state index contributed by atoms with van der Waals surface area (Å²) in [7, 11) is 0. The summed E-state index contributed by atoms with van der Waals surface area (Å²) >= 11 is 0. The van der Waals surface area contributed by atoms with Gasteiger partial charge in [-0.15, -0.1) is 0 Å². The Morgan fingerprint density at radius 2 is 1.83 bits per heavy atom. The minimum absolute atomic E-state index is 0.156. The maximum atomic E-state index is 13.3. The van der Waals surface area contributed by atoms with Crippen LogP contribution in [-0.4, -0.2) is 10.9 Å². The van der Waals surface area contributed by atoms with Crippen molar-refractivity contribution in [3.8, 4) is 0 Å². The van der Waals surface area contributed by atoms with E-state index in [1.165, 1.54) is 0 Å². The van der Waals surface area contributed by atoms with E-state index in [2.05, 4.69) is 13.0 Å². The van der Waals surface area contributed by atoms with Crippen LogP contribution in [0.2, 0.25) is 0 Å². The van der Waals surface area contributed by atoms with Crippen molar-refractivity contribution >= 4 is 5.78 Å². The van der Waals surface area contributed by atoms with E-state index in [1.807, 2.05) is 61.5 Å². The molecule has 2 nitrogen and oxygen atoms in total. The van der Waals surface area contributed by atoms with Gasteiger partial charge in [0, 0.05) is 5.56 Å². The number of hydrogen-bond acceptors (Lipinski definition) is 2. The molecule has 124 valence electrons. The lowest BCUT2D eigenvalue weighted by Gasteiger charge is -2.32. The Balaban J connectivity index is 2.02. The third kappa shape index (κ3) is 2.71. The number of carbonyl (C=O) groups is 1. The molecule has 24 heavy (non-hydrogen) atoms. The van der Waals surface area contributed by atoms with E-state index in [0.29, 0.717) is 12.8 Å². The highest BCUT2D eigenvalue weighted by molar-refractivity contribution is 6.06. The maximum absolute atomic E-state index is 13.3. The predicted molar refractivity (Wildman–Crippen MR) is 97.0 cm³/mol. The number of allylic oxidation sites excluding steroid dienone is 2. The third-order valence-electron chi connectivity index (χ3n) is 5.26. The molecular weight excluding hydrogens is 296 g/mol. The van der Waals surface area contributed by atoms with Crippen molar-refractivity contribution in [3.63, 3.8) is 0 Å². The zero-order valence-electron chi connectivity index (χ0n) is 14.3. The number of carbonyl (C=O) groups excluding carboxylic acids is 1. The first kappa shape index (κ1) is 16.7. The van der Waals surface area contributed by atoms with Gasteiger partial charge in [-0.05, 0) is 37.3 Å². The quantitative estimate of drug-likeness (QED) is 0.796. The molecule has 2 unspecified atom stereocenters. The molecule has 2 heteroatoms. The fourth-order valence-electron chi connectivity index (χ4n) is 4.06. The van der Waals surface area contributed by atoms with Crippen molar-refractivity contribution in [2.45, 2.75) is 39.2 Å². The fourth-order valence-corrected chi connectivity index (χ4v) is 4.06. The molecule has 0 aromatic heterocycles. The van der Waals surface area contributed by atoms with Gasteiger partial charge in [0.15, 0.2) is 5.78 Å². The molecule has 2 atom stereocenters. The van der Waals surface area contributed by atoms with Crippen molar-refractivity contribution < 1.29 is 9.90 Å². The summed E-state index contributed by atoms with van der Waals surface area (Å²) in [5.74, 6) is 0.156. The summed E-state index contributed by atoms with van der Waals surface area (Å²) in [6.45, 7) is 4.08. The van der Waals surface area contributed by atoms with Gasteiger partial charge in [-0.3, -0.25) is 4.79 Å². The number of ketones is 1. The van der Waals surface area contributed by atoms with Crippen molar-refractivity contribution in [2.24, 2.45) is 5.41 Å². The van der Waals surface area contributed by atoms with Crippen LogP contribution in [0, 0.1) is 5.41 Å². The minimum atomic E-state index is -0.647. The Bertz CT molecular complexity index is 761. The smallest absolute Gasteiger partial charge is 0.173 e. The van der Waals surface area contributed by atoms with Gasteiger partial charge in [-0.1, -0.05) is 73.2 Å². The van der Waals surface area contributed by atoms with Crippen LogP contribution in [0.25, 0.3) is 0 Å². The van der Waals surface area contributed by atoms with Crippen molar-refractivity contribution in [3.05, 3.63) is 82.9 Å². The third-order valence-corrected chi connectivity index (χ3v) is 5.26. The van der Waals surface area contributed by atoms with Crippen LogP contribution in [0.4, 0.5) is 0 Å². The lowest BCUT2D eigenvalue weighted by molar-refractivity contribution is 0.0714. The van der Waals surface area contributed by atoms with Crippen molar-refractivity contribution in [1.82, 2.24) is 0 Å². The SMILES string of the molecule is C/C=C(\CC)C1(CC(O)c2ccccc2)Cc2ccccc2C1=O. The molecule has 0 saturated carbocycles. The second-order valence-electron chi connectivity index (χ2n) is 6.54. The van der Waals surface area contributed by atoms with E-state index in [9.17, 15) is 9.90 Å². The number of Topliss-reactive ketones (excluding diaryl/α,β-unsaturated/α-hetero) is 1. The number of benzene rings is 2. The molecule has 0 spiro atoms. The molecule has 0 fully saturated rings. The molecule has 2 aromatic carbocycles. The summed E-state index contributed by atoms with van der Waals surface area (Å²) in [5.41, 5.74) is 3.27. The highest BCUT2D eigenvalue weighted by Gasteiger charge is 2.48. The Labute approximate surface area is 143 Å². The molecule has 0 heterocycles. The van der Waals surface area contributed by atoms with Gasteiger partial charge in [0.1, 0.15) is 0 Å². The van der Waals surface area contributed by atoms with Gasteiger partial charge in [0.2, 0.25) is 0 Å². The molecule has 0 radical (unpaired) electrons. The molecule has 1 aliphatic carbocycles. The van der Waals surface area contributed by atoms with Crippen LogP contribution in [0.1, 0.15) is 54.3 Å². The Morgan fingerprint density at radius 3 is 2.46 bits per heavy atom. The summed E-state index contributed by atoms with van der Waals surface area (Å²) in [6, 6.07) is 17.5. The van der Waals surface area contributed by atoms with Gasteiger partial charge >= 0.3 is 0 Å². The number of rotatable bonds is 5. The fraction of sp³-hybridized carbons (Fsp3) is 0.318. The van der Waals surface area contributed by atoms with Crippen molar-refractivity contribution in [1.29, 1.82) is 0 Å². The number of aliphatic hydroxyl groups is 1. The standard InChI is InChI=1S/C22H24O2/c1-3-18(4-2)22(15-20(23)16-10-6-5-7-11-16)14-17-12-8-9-13-19(17)21(22)24/h3,5-13,20,23H,4,14-15H2,1-2H3/b18-3+. The van der Waals surface area contributed by atoms with Crippen LogP contribution < -0.4 is 0 Å². The molecule has 0 saturated heterocycles. The summed E-state index contributed by atoms with van der Waals surface area (Å²) in [6.07, 6.45) is 3.34. The number of aliphatic hydroxyl groups excluding tert-OH is 1. The lowest BCUT2D eigenvalue weighted by atomic mass is 9.70. The van der Waals surface area contributed by atoms with Gasteiger partial charge < -0.3 is 5.11 Å². The normalized spacial score (nSPS) is 21.6. The zero-order valence-corrected chi connectivity index (χ0v) is 14.3. The first-order chi connectivity index (χ1) is 11.6. The molecule has 2 aromatic rings. The summed E-state index contributed by atoms with van der Waals surface area (Å²) in [4.78, 5) is 13.3. The van der Waals surface area contributed by atoms with Crippen molar-refractivity contribution in [2.75, 3.05) is 0 Å². The summed E-state index contributed by atoms with van der Waals surface area (Å²) in [5, 5.41) is 10.8. The topological polar surface area (TPSA) is 37.3 Å². The van der Waals surface area contributed by atoms with E-state index < -0.39 is 11.5 Å². The first-order valence-corrected chi connectivity index (χ1v) is 8.63. The minimum Gasteiger partial charge on any atom is -0.388 e. The first-order valence-electron chi connectivity index (χ1n) is 8.63. The maximum Gasteiger partial charge on any atom is 0.173 e. The Kier molecular flexibility index (Phi) is 4.68. The predicted octanol–water partition coefficient (Wildman–Crippen LogP) is 4.89. The monoisotopic (exact) mass is 320 g/mol. The lowest BCUT2D eigenvalue weighted by Crippen LogP contribution is -2.32. The number of hydrogen-bond donors (Lipinski definition) is 1. The molecule has 3 rings (SSSR count). The summed E-state index contributed by atoms with van der Waals surface area (Å²) < 4.78 is 0. The van der Waals surface area contributed by atoms with Gasteiger partial charge in [-0.25, -0.2) is 0 Å². The van der Waals surface area contributed by atoms with Gasteiger partial charge in [0.25, 0.3) is 0 Å². The molecule has 1 N–H and O–H groups in total. The zero-order chi connectivity index (χ0) is 17.2. The highest BCUT2D eigenvalue weighted by atomic mass is 16.3. The van der Waals surface area contributed by atoms with Crippen LogP contribution in [0.3, 0.4) is 0 Å². The average Bonchev–Trinajstić information content (AvgIpc) is 2.90. The van der Waals surface area contributed by atoms with Crippen LogP contribution in [-0.2, 0) is 6.42 Å². The van der Waals surface area contributed by atoms with E-state index in [-0.39, 0.29) is 5.78 Å². The average molecular weight is 320 g/mol. The number of fused-ring (bicyclic) bond motifs is 1. The molecule has 0 bridgehead atoms. The second-order valence-corrected chi connectivity index (χ2v) is 6.54. The molecule has 0 amide bonds. The highest BCUT2D eigenvalue weighted by Crippen LogP contribution is 2.48. The molecule has 1 aliphatic rings. The largest absolute Gasteiger partial charge is 0.388 e. The molecule has 0 aliphatic heterocycles. The Morgan fingerprint density at radius 1 is 1.17 bits per heavy atom. The van der Waals surface area contributed by atoms with E-state index in [0.717, 1.165) is 28.7 Å². The van der Waals surface area contributed by atoms with E-state index >= 15 is 0 Å². The van der Waals surface area contributed by atoms with Crippen LogP contribution in [0.15, 0.2) is 66.2 Å². The van der Waals surface area contributed by atoms with Crippen LogP contribution in [0.5, 0.6) is 0 Å². The van der Waals surface area contributed by atoms with Gasteiger partial charge in [-0.2, -0.15) is 0 Å².